The van der Waals surface area contributed by atoms with E-state index < -0.39 is 46.8 Å². The van der Waals surface area contributed by atoms with Crippen LogP contribution in [-0.4, -0.2) is 75.5 Å². The molecule has 16 rings (SSSR count). The predicted octanol–water partition coefficient (Wildman–Crippen LogP) is 32.1. The fraction of sp³-hybridized carbons (Fsp3) is 0.619. The summed E-state index contributed by atoms with van der Waals surface area (Å²) in [5.74, 6) is 12.2. The molecule has 5 saturated carbocycles. The molecule has 18 unspecified atom stereocenters. The number of alkyl halides is 6. The van der Waals surface area contributed by atoms with Crippen LogP contribution in [0.3, 0.4) is 0 Å². The summed E-state index contributed by atoms with van der Waals surface area (Å²) < 4.78 is 142. The van der Waals surface area contributed by atoms with Crippen molar-refractivity contribution in [1.82, 2.24) is 0 Å². The zero-order valence-electron chi connectivity index (χ0n) is 82.4. The van der Waals surface area contributed by atoms with Crippen molar-refractivity contribution in [1.29, 1.82) is 0 Å². The van der Waals surface area contributed by atoms with Gasteiger partial charge in [-0.15, -0.1) is 0 Å². The van der Waals surface area contributed by atoms with E-state index in [2.05, 4.69) is 174 Å². The predicted molar refractivity (Wildman–Crippen MR) is 514 cm³/mol. The normalized spacial score (nSPS) is 24.4. The number of hydrogen-bond donors (Lipinski definition) is 0. The Labute approximate surface area is 774 Å². The van der Waals surface area contributed by atoms with E-state index in [0.29, 0.717) is 78.3 Å². The monoisotopic (exact) mass is 1800 g/mol. The molecule has 0 saturated heterocycles. The molecule has 5 fully saturated rings. The number of fused-ring (bicyclic) bond motifs is 5. The van der Waals surface area contributed by atoms with Crippen LogP contribution in [-0.2, 0) is 44.4 Å². The highest BCUT2D eigenvalue weighted by Gasteiger charge is 2.58. The van der Waals surface area contributed by atoms with Gasteiger partial charge in [-0.3, -0.25) is 4.79 Å². The summed E-state index contributed by atoms with van der Waals surface area (Å²) in [5.41, 5.74) is 3.43. The second-order valence-corrected chi connectivity index (χ2v) is 42.1. The van der Waals surface area contributed by atoms with Crippen molar-refractivity contribution in [2.24, 2.45) is 52.8 Å². The van der Waals surface area contributed by atoms with E-state index in [1.807, 2.05) is 13.8 Å². The highest BCUT2D eigenvalue weighted by molar-refractivity contribution is 5.98. The lowest BCUT2D eigenvalue weighted by Crippen LogP contribution is -2.46. The molecule has 17 heteroatoms. The first-order valence-corrected chi connectivity index (χ1v) is 49.5. The van der Waals surface area contributed by atoms with Gasteiger partial charge in [-0.2, -0.15) is 26.3 Å². The van der Waals surface area contributed by atoms with Gasteiger partial charge in [0.1, 0.15) is 23.0 Å². The van der Waals surface area contributed by atoms with Gasteiger partial charge in [0, 0.05) is 41.7 Å². The van der Waals surface area contributed by atoms with Crippen LogP contribution in [0.4, 0.5) is 26.3 Å². The van der Waals surface area contributed by atoms with Crippen molar-refractivity contribution >= 4 is 38.3 Å². The van der Waals surface area contributed by atoms with E-state index in [1.54, 1.807) is 53.9 Å². The van der Waals surface area contributed by atoms with Gasteiger partial charge in [-0.25, -0.2) is 0 Å². The Morgan fingerprint density at radius 2 is 0.838 bits per heavy atom. The molecular formula is C113H154F6O11. The number of ether oxygens (including phenoxy) is 10. The molecule has 0 N–H and O–H groups in total. The molecule has 8 aromatic rings. The minimum absolute atomic E-state index is 0.0812. The van der Waals surface area contributed by atoms with Crippen molar-refractivity contribution in [3.8, 4) is 23.0 Å². The smallest absolute Gasteiger partial charge is 0.421 e. The lowest BCUT2D eigenvalue weighted by molar-refractivity contribution is -0.321. The van der Waals surface area contributed by atoms with Crippen molar-refractivity contribution in [2.45, 2.75) is 376 Å². The highest BCUT2D eigenvalue weighted by Crippen LogP contribution is 2.61. The largest absolute Gasteiger partial charge is 0.465 e. The zero-order valence-corrected chi connectivity index (χ0v) is 82.4. The Morgan fingerprint density at radius 3 is 1.25 bits per heavy atom. The van der Waals surface area contributed by atoms with Crippen molar-refractivity contribution in [2.75, 3.05) is 20.3 Å². The van der Waals surface area contributed by atoms with E-state index >= 15 is 0 Å². The van der Waals surface area contributed by atoms with Gasteiger partial charge < -0.3 is 47.4 Å². The van der Waals surface area contributed by atoms with Crippen LogP contribution in [0.5, 0.6) is 23.0 Å². The molecule has 0 aromatic heterocycles. The maximum Gasteiger partial charge on any atom is 0.421 e. The number of rotatable bonds is 29. The fourth-order valence-electron chi connectivity index (χ4n) is 22.0. The Balaban J connectivity index is 0.000000149. The second kappa shape index (κ2) is 43.2. The Kier molecular flexibility index (Phi) is 33.8. The summed E-state index contributed by atoms with van der Waals surface area (Å²) in [6.45, 7) is 43.9. The van der Waals surface area contributed by atoms with E-state index in [0.717, 1.165) is 98.5 Å². The Bertz CT molecular complexity index is 4960. The third kappa shape index (κ3) is 23.1. The number of carbonyl (C=O) groups excluding carboxylic acids is 1. The molecule has 0 radical (unpaired) electrons. The quantitative estimate of drug-likeness (QED) is 0.0193. The van der Waals surface area contributed by atoms with Crippen LogP contribution < -0.4 is 18.9 Å². The molecule has 0 spiro atoms. The number of halogens is 6. The molecule has 0 heterocycles. The van der Waals surface area contributed by atoms with Crippen molar-refractivity contribution in [3.05, 3.63) is 190 Å². The first kappa shape index (κ1) is 102. The molecule has 8 aromatic carbocycles. The zero-order chi connectivity index (χ0) is 94.3. The summed E-state index contributed by atoms with van der Waals surface area (Å²) in [4.78, 5) is 12.2. The molecule has 0 aliphatic heterocycles. The van der Waals surface area contributed by atoms with Gasteiger partial charge in [0.15, 0.2) is 23.8 Å². The first-order chi connectivity index (χ1) is 61.5. The van der Waals surface area contributed by atoms with Crippen LogP contribution in [0.15, 0.2) is 140 Å². The highest BCUT2D eigenvalue weighted by atomic mass is 19.4. The first-order valence-electron chi connectivity index (χ1n) is 49.5. The molecular weight excluding hydrogens is 1650 g/mol. The summed E-state index contributed by atoms with van der Waals surface area (Å²) in [7, 11) is 1.70. The van der Waals surface area contributed by atoms with Gasteiger partial charge in [0.25, 0.3) is 0 Å². The molecule has 18 atom stereocenters. The summed E-state index contributed by atoms with van der Waals surface area (Å²) in [6, 6.07) is 45.0. The minimum atomic E-state index is -4.66. The van der Waals surface area contributed by atoms with Gasteiger partial charge in [0.2, 0.25) is 12.6 Å². The summed E-state index contributed by atoms with van der Waals surface area (Å²) in [5, 5.41) is 7.92. The second-order valence-electron chi connectivity index (χ2n) is 42.1. The molecule has 714 valence electrons. The van der Waals surface area contributed by atoms with Crippen LogP contribution >= 0.6 is 0 Å². The van der Waals surface area contributed by atoms with Crippen LogP contribution in [0.2, 0.25) is 0 Å². The lowest BCUT2D eigenvalue weighted by atomic mass is 9.80. The van der Waals surface area contributed by atoms with E-state index in [-0.39, 0.29) is 35.7 Å². The van der Waals surface area contributed by atoms with Gasteiger partial charge in [-0.1, -0.05) is 270 Å². The van der Waals surface area contributed by atoms with Gasteiger partial charge in [0.05, 0.1) is 23.7 Å². The average Bonchev–Trinajstić information content (AvgIpc) is 1.61. The van der Waals surface area contributed by atoms with Crippen LogP contribution in [0.25, 0.3) is 32.3 Å². The van der Waals surface area contributed by atoms with E-state index in [1.165, 1.54) is 199 Å². The third-order valence-electron chi connectivity index (χ3n) is 31.1. The molecule has 130 heavy (non-hydrogen) atoms. The molecule has 0 amide bonds. The maximum atomic E-state index is 14.0. The summed E-state index contributed by atoms with van der Waals surface area (Å²) >= 11 is 0. The van der Waals surface area contributed by atoms with Crippen LogP contribution in [0, 0.1) is 52.8 Å². The molecule has 8 aliphatic rings. The van der Waals surface area contributed by atoms with Crippen molar-refractivity contribution in [3.63, 3.8) is 0 Å². The Morgan fingerprint density at radius 1 is 0.431 bits per heavy atom. The topological polar surface area (TPSA) is 109 Å². The number of carbonyl (C=O) groups is 1. The average molecular weight is 1800 g/mol. The number of hydrogen-bond acceptors (Lipinski definition) is 11. The van der Waals surface area contributed by atoms with Gasteiger partial charge >= 0.3 is 18.3 Å². The molecule has 8 aliphatic carbocycles. The van der Waals surface area contributed by atoms with Crippen LogP contribution in [0.1, 0.15) is 366 Å². The number of methoxy groups -OCH3 is 1. The fourth-order valence-corrected chi connectivity index (χ4v) is 22.0. The summed E-state index contributed by atoms with van der Waals surface area (Å²) in [6.07, 6.45) is 13.2. The molecule has 11 nitrogen and oxygen atoms in total. The molecule has 2 bridgehead atoms. The Hall–Kier alpha value is -7.25. The minimum Gasteiger partial charge on any atom is -0.465 e. The van der Waals surface area contributed by atoms with Gasteiger partial charge in [-0.05, 0) is 287 Å². The standard InChI is InChI=1S/C28H36O2.C25H37F3O4.C24H32O2.C19H24O2.C17H25F3O/c1-15(2)28(30-26-14-18-13-24(26)22-9-6-8-21(18)22)29-25-12-11-20-17(4)16(3)19-7-5-10-23(25)27(19)20;1-6-23(3,4)22(29)31-21-14-12-20(13-15-21)24(5,25(26,27)28)32-18(2)30-17-16-19-10-8-7-9-11-19;1-16-17(2)21-12-13-23(22-11-7-10-20(16)24(21)22)26-18(3)25-15-14-19-8-5-4-6-9-19;1-11(2)19(20-5)21-17-10-9-15-13(4)12(3)14-7-6-8-16(17)18(14)15;1-7-12(2)13-8-10-14(11-9-13)16(6,17(18,19)20)21-15(3,4)5/h5,7,10-12,15-18,21-22,24,26,28H,6,8-9,13-14H2,1-4H3;12-15,18-19H,6-11,16-17H2,1-5H3;7,10-13,16-19H,4-6,8-9,14-15H2,1-3H3;6-13,19H,1-5H3;8-12H,7H2,1-6H3. The van der Waals surface area contributed by atoms with Crippen molar-refractivity contribution < 1.29 is 78.5 Å². The lowest BCUT2D eigenvalue weighted by Gasteiger charge is -2.38. The van der Waals surface area contributed by atoms with E-state index in [4.69, 9.17) is 47.4 Å². The maximum absolute atomic E-state index is 14.0. The third-order valence-corrected chi connectivity index (χ3v) is 31.1. The number of esters is 1. The number of benzene rings is 8. The van der Waals surface area contributed by atoms with E-state index in [9.17, 15) is 31.1 Å². The SMILES string of the molecule is CC(C)C(Oc1ccc2c3c(cccc13)C(C)C2C)OC1CC2CC1C1CCCC21.CC(OCCC1CCCCC1)Oc1ccc2c3c(cccc13)C(C)C2C.CCC(C)(C)C(=O)Oc1ccc(C(C)(OC(C)OCCC2CCCCC2)C(F)(F)F)cc1.CCC(C)c1ccc(C(C)(OC(C)(C)C)C(F)(F)F)cc1.COC(Oc1ccc2c3c(cccc13)C(C)C2C)C(C)C.